The van der Waals surface area contributed by atoms with E-state index in [0.29, 0.717) is 18.5 Å². The Labute approximate surface area is 143 Å². The van der Waals surface area contributed by atoms with Crippen LogP contribution in [0, 0.1) is 0 Å². The van der Waals surface area contributed by atoms with E-state index in [1.807, 2.05) is 11.8 Å². The van der Waals surface area contributed by atoms with Gasteiger partial charge in [-0.15, -0.1) is 0 Å². The van der Waals surface area contributed by atoms with Gasteiger partial charge in [0.15, 0.2) is 0 Å². The Morgan fingerprint density at radius 2 is 1.79 bits per heavy atom. The Bertz CT molecular complexity index is 537. The van der Waals surface area contributed by atoms with E-state index in [4.69, 9.17) is 4.74 Å². The van der Waals surface area contributed by atoms with Gasteiger partial charge in [-0.1, -0.05) is 6.92 Å². The fourth-order valence-corrected chi connectivity index (χ4v) is 2.76. The summed E-state index contributed by atoms with van der Waals surface area (Å²) in [7, 11) is 1.60. The number of piperazine rings is 1. The van der Waals surface area contributed by atoms with Gasteiger partial charge in [0.25, 0.3) is 5.91 Å². The Hall–Kier alpha value is -2.08. The van der Waals surface area contributed by atoms with Crippen molar-refractivity contribution in [3.63, 3.8) is 0 Å². The molecule has 6 heteroatoms. The minimum atomic E-state index is -0.0746. The first-order chi connectivity index (χ1) is 11.6. The van der Waals surface area contributed by atoms with Crippen molar-refractivity contribution in [1.82, 2.24) is 15.1 Å². The number of rotatable bonds is 7. The van der Waals surface area contributed by atoms with Crippen molar-refractivity contribution in [3.8, 4) is 5.75 Å². The van der Waals surface area contributed by atoms with E-state index in [-0.39, 0.29) is 11.8 Å². The van der Waals surface area contributed by atoms with Crippen LogP contribution in [0.5, 0.6) is 5.75 Å². The molecule has 1 heterocycles. The molecule has 1 saturated heterocycles. The molecule has 0 unspecified atom stereocenters. The molecule has 0 radical (unpaired) electrons. The van der Waals surface area contributed by atoms with Crippen molar-refractivity contribution in [1.29, 1.82) is 0 Å². The second kappa shape index (κ2) is 9.27. The summed E-state index contributed by atoms with van der Waals surface area (Å²) < 4.78 is 5.08. The molecule has 2 rings (SSSR count). The van der Waals surface area contributed by atoms with E-state index in [1.165, 1.54) is 0 Å². The third-order valence-corrected chi connectivity index (χ3v) is 4.25. The van der Waals surface area contributed by atoms with Crippen molar-refractivity contribution < 1.29 is 14.3 Å². The molecule has 1 aromatic rings. The first kappa shape index (κ1) is 18.3. The molecule has 132 valence electrons. The van der Waals surface area contributed by atoms with Crippen LogP contribution < -0.4 is 10.1 Å². The molecule has 24 heavy (non-hydrogen) atoms. The fraction of sp³-hybridized carbons (Fsp3) is 0.556. The van der Waals surface area contributed by atoms with Gasteiger partial charge in [0.1, 0.15) is 5.75 Å². The van der Waals surface area contributed by atoms with Gasteiger partial charge in [0.05, 0.1) is 7.11 Å². The number of nitrogens with one attached hydrogen (secondary N) is 1. The lowest BCUT2D eigenvalue weighted by Crippen LogP contribution is -2.50. The van der Waals surface area contributed by atoms with Crippen molar-refractivity contribution in [2.45, 2.75) is 19.8 Å². The summed E-state index contributed by atoms with van der Waals surface area (Å²) in [6.45, 7) is 6.74. The standard InChI is InChI=1S/C18H27N3O3/c1-3-4-17(22)21-13-11-20(12-14-21)10-9-19-18(23)15-5-7-16(24-2)8-6-15/h5-8H,3-4,9-14H2,1-2H3,(H,19,23). The van der Waals surface area contributed by atoms with Crippen molar-refractivity contribution in [3.05, 3.63) is 29.8 Å². The molecule has 1 aromatic carbocycles. The van der Waals surface area contributed by atoms with Crippen LogP contribution in [0.4, 0.5) is 0 Å². The van der Waals surface area contributed by atoms with Crippen molar-refractivity contribution >= 4 is 11.8 Å². The lowest BCUT2D eigenvalue weighted by Gasteiger charge is -2.34. The van der Waals surface area contributed by atoms with Crippen LogP contribution in [-0.2, 0) is 4.79 Å². The fourth-order valence-electron chi connectivity index (χ4n) is 2.76. The molecular formula is C18H27N3O3. The largest absolute Gasteiger partial charge is 0.497 e. The highest BCUT2D eigenvalue weighted by molar-refractivity contribution is 5.94. The number of nitrogens with zero attached hydrogens (tertiary/aromatic N) is 2. The molecule has 1 N–H and O–H groups in total. The lowest BCUT2D eigenvalue weighted by atomic mass is 10.2. The van der Waals surface area contributed by atoms with Gasteiger partial charge in [-0.2, -0.15) is 0 Å². The average Bonchev–Trinajstić information content (AvgIpc) is 2.62. The van der Waals surface area contributed by atoms with Gasteiger partial charge in [0.2, 0.25) is 5.91 Å². The van der Waals surface area contributed by atoms with Crippen LogP contribution in [0.15, 0.2) is 24.3 Å². The van der Waals surface area contributed by atoms with Crippen LogP contribution in [0.1, 0.15) is 30.1 Å². The first-order valence-corrected chi connectivity index (χ1v) is 8.56. The maximum absolute atomic E-state index is 12.1. The topological polar surface area (TPSA) is 61.9 Å². The first-order valence-electron chi connectivity index (χ1n) is 8.56. The summed E-state index contributed by atoms with van der Waals surface area (Å²) in [6, 6.07) is 7.07. The van der Waals surface area contributed by atoms with Gasteiger partial charge in [0, 0.05) is 51.3 Å². The molecular weight excluding hydrogens is 306 g/mol. The minimum absolute atomic E-state index is 0.0746. The predicted octanol–water partition coefficient (Wildman–Crippen LogP) is 1.37. The zero-order chi connectivity index (χ0) is 17.4. The van der Waals surface area contributed by atoms with E-state index in [0.717, 1.165) is 44.9 Å². The third-order valence-electron chi connectivity index (χ3n) is 4.25. The highest BCUT2D eigenvalue weighted by atomic mass is 16.5. The number of methoxy groups -OCH3 is 1. The van der Waals surface area contributed by atoms with E-state index in [9.17, 15) is 9.59 Å². The summed E-state index contributed by atoms with van der Waals surface area (Å²) in [5, 5.41) is 2.94. The number of amides is 2. The molecule has 0 spiro atoms. The molecule has 1 aliphatic rings. The van der Waals surface area contributed by atoms with Crippen LogP contribution >= 0.6 is 0 Å². The summed E-state index contributed by atoms with van der Waals surface area (Å²) in [5.41, 5.74) is 0.630. The van der Waals surface area contributed by atoms with Crippen LogP contribution in [0.2, 0.25) is 0 Å². The molecule has 1 fully saturated rings. The predicted molar refractivity (Wildman–Crippen MR) is 93.3 cm³/mol. The van der Waals surface area contributed by atoms with Gasteiger partial charge < -0.3 is 15.0 Å². The maximum atomic E-state index is 12.1. The Kier molecular flexibility index (Phi) is 7.06. The second-order valence-corrected chi connectivity index (χ2v) is 5.96. The number of carbonyl (C=O) groups excluding carboxylic acids is 2. The van der Waals surface area contributed by atoms with E-state index < -0.39 is 0 Å². The highest BCUT2D eigenvalue weighted by Crippen LogP contribution is 2.11. The lowest BCUT2D eigenvalue weighted by molar-refractivity contribution is -0.132. The summed E-state index contributed by atoms with van der Waals surface area (Å²) in [5.74, 6) is 0.918. The smallest absolute Gasteiger partial charge is 0.251 e. The Morgan fingerprint density at radius 1 is 1.12 bits per heavy atom. The number of carbonyl (C=O) groups is 2. The van der Waals surface area contributed by atoms with E-state index in [2.05, 4.69) is 10.2 Å². The molecule has 0 atom stereocenters. The quantitative estimate of drug-likeness (QED) is 0.819. The Balaban J connectivity index is 1.67. The zero-order valence-corrected chi connectivity index (χ0v) is 14.6. The summed E-state index contributed by atoms with van der Waals surface area (Å²) >= 11 is 0. The molecule has 0 saturated carbocycles. The monoisotopic (exact) mass is 333 g/mol. The molecule has 2 amide bonds. The highest BCUT2D eigenvalue weighted by Gasteiger charge is 2.20. The Morgan fingerprint density at radius 3 is 2.38 bits per heavy atom. The van der Waals surface area contributed by atoms with Gasteiger partial charge >= 0.3 is 0 Å². The molecule has 0 aliphatic carbocycles. The number of hydrogen-bond donors (Lipinski definition) is 1. The zero-order valence-electron chi connectivity index (χ0n) is 14.6. The molecule has 0 bridgehead atoms. The maximum Gasteiger partial charge on any atom is 0.251 e. The van der Waals surface area contributed by atoms with Gasteiger partial charge in [-0.05, 0) is 30.7 Å². The minimum Gasteiger partial charge on any atom is -0.497 e. The molecule has 1 aliphatic heterocycles. The van der Waals surface area contributed by atoms with E-state index >= 15 is 0 Å². The van der Waals surface area contributed by atoms with Crippen LogP contribution in [0.25, 0.3) is 0 Å². The van der Waals surface area contributed by atoms with E-state index in [1.54, 1.807) is 31.4 Å². The third kappa shape index (κ3) is 5.23. The number of hydrogen-bond acceptors (Lipinski definition) is 4. The molecule has 6 nitrogen and oxygen atoms in total. The van der Waals surface area contributed by atoms with Gasteiger partial charge in [-0.3, -0.25) is 14.5 Å². The summed E-state index contributed by atoms with van der Waals surface area (Å²) in [4.78, 5) is 28.2. The molecule has 0 aromatic heterocycles. The number of benzene rings is 1. The van der Waals surface area contributed by atoms with Crippen molar-refractivity contribution in [2.75, 3.05) is 46.4 Å². The second-order valence-electron chi connectivity index (χ2n) is 5.96. The SMILES string of the molecule is CCCC(=O)N1CCN(CCNC(=O)c2ccc(OC)cc2)CC1. The van der Waals surface area contributed by atoms with Crippen LogP contribution in [0.3, 0.4) is 0 Å². The van der Waals surface area contributed by atoms with Crippen LogP contribution in [-0.4, -0.2) is 68.0 Å². The van der Waals surface area contributed by atoms with Gasteiger partial charge in [-0.25, -0.2) is 0 Å². The summed E-state index contributed by atoms with van der Waals surface area (Å²) in [6.07, 6.45) is 1.54. The average molecular weight is 333 g/mol. The number of ether oxygens (including phenoxy) is 1. The van der Waals surface area contributed by atoms with Crippen molar-refractivity contribution in [2.24, 2.45) is 0 Å². The normalized spacial score (nSPS) is 15.2.